The zero-order valence-corrected chi connectivity index (χ0v) is 9.42. The van der Waals surface area contributed by atoms with Crippen molar-refractivity contribution in [1.29, 1.82) is 0 Å². The van der Waals surface area contributed by atoms with Crippen LogP contribution in [0.5, 0.6) is 0 Å². The number of benzene rings is 1. The molecule has 0 aliphatic heterocycles. The van der Waals surface area contributed by atoms with Crippen LogP contribution in [0.2, 0.25) is 5.02 Å². The minimum absolute atomic E-state index is 0.385. The largest absolute Gasteiger partial charge is 0.298 e. The second-order valence-corrected chi connectivity index (χ2v) is 4.59. The van der Waals surface area contributed by atoms with Crippen molar-refractivity contribution in [2.75, 3.05) is 0 Å². The highest BCUT2D eigenvalue weighted by Gasteiger charge is 2.12. The molecular formula is C10H6Cl2OS. The normalized spacial score (nSPS) is 10.7. The van der Waals surface area contributed by atoms with Gasteiger partial charge in [-0.05, 0) is 6.07 Å². The molecule has 0 bridgehead atoms. The highest BCUT2D eigenvalue weighted by Crippen LogP contribution is 2.37. The lowest BCUT2D eigenvalue weighted by Gasteiger charge is -1.94. The molecule has 0 aliphatic rings. The Kier molecular flexibility index (Phi) is 2.77. The molecule has 0 radical (unpaired) electrons. The van der Waals surface area contributed by atoms with Gasteiger partial charge in [0.1, 0.15) is 0 Å². The van der Waals surface area contributed by atoms with Crippen LogP contribution in [0.4, 0.5) is 0 Å². The molecule has 14 heavy (non-hydrogen) atoms. The molecule has 0 saturated heterocycles. The van der Waals surface area contributed by atoms with Crippen LogP contribution < -0.4 is 0 Å². The maximum atomic E-state index is 10.8. The Labute approximate surface area is 95.3 Å². The first-order valence-corrected chi connectivity index (χ1v) is 5.72. The van der Waals surface area contributed by atoms with Gasteiger partial charge in [0.05, 0.1) is 10.9 Å². The van der Waals surface area contributed by atoms with Crippen molar-refractivity contribution in [1.82, 2.24) is 0 Å². The van der Waals surface area contributed by atoms with E-state index in [-0.39, 0.29) is 0 Å². The lowest BCUT2D eigenvalue weighted by molar-refractivity contribution is 0.112. The van der Waals surface area contributed by atoms with Gasteiger partial charge in [0.25, 0.3) is 0 Å². The van der Waals surface area contributed by atoms with Crippen molar-refractivity contribution >= 4 is 50.9 Å². The summed E-state index contributed by atoms with van der Waals surface area (Å²) in [6, 6.07) is 5.54. The van der Waals surface area contributed by atoms with E-state index in [1.807, 2.05) is 12.1 Å². The van der Waals surface area contributed by atoms with E-state index in [1.54, 1.807) is 6.07 Å². The van der Waals surface area contributed by atoms with Crippen molar-refractivity contribution in [2.45, 2.75) is 5.88 Å². The number of carbonyl (C=O) groups excluding carboxylic acids is 1. The third kappa shape index (κ3) is 1.44. The minimum atomic E-state index is 0.385. The van der Waals surface area contributed by atoms with E-state index < -0.39 is 0 Å². The first kappa shape index (κ1) is 9.97. The van der Waals surface area contributed by atoms with Crippen LogP contribution in [-0.2, 0) is 5.88 Å². The molecule has 0 amide bonds. The van der Waals surface area contributed by atoms with Crippen molar-refractivity contribution in [3.63, 3.8) is 0 Å². The van der Waals surface area contributed by atoms with Crippen molar-refractivity contribution in [2.24, 2.45) is 0 Å². The van der Waals surface area contributed by atoms with Gasteiger partial charge in [-0.3, -0.25) is 4.79 Å². The molecule has 0 atom stereocenters. The number of carbonyl (C=O) groups is 1. The summed E-state index contributed by atoms with van der Waals surface area (Å²) in [5, 5.41) is 1.44. The average Bonchev–Trinajstić information content (AvgIpc) is 2.55. The minimum Gasteiger partial charge on any atom is -0.298 e. The first-order valence-electron chi connectivity index (χ1n) is 3.99. The average molecular weight is 245 g/mol. The predicted octanol–water partition coefficient (Wildman–Crippen LogP) is 4.11. The molecule has 0 fully saturated rings. The molecule has 1 heterocycles. The number of thiophene rings is 1. The molecule has 0 N–H and O–H groups in total. The fourth-order valence-electron chi connectivity index (χ4n) is 1.37. The Morgan fingerprint density at radius 2 is 2.21 bits per heavy atom. The van der Waals surface area contributed by atoms with Gasteiger partial charge in [0.2, 0.25) is 0 Å². The SMILES string of the molecule is O=Cc1cccc2sc(CCl)c(Cl)c12. The topological polar surface area (TPSA) is 17.1 Å². The van der Waals surface area contributed by atoms with Crippen molar-refractivity contribution in [3.8, 4) is 0 Å². The molecule has 0 unspecified atom stereocenters. The Balaban J connectivity index is 2.85. The van der Waals surface area contributed by atoms with E-state index in [2.05, 4.69) is 0 Å². The fraction of sp³-hybridized carbons (Fsp3) is 0.100. The molecule has 1 nitrogen and oxygen atoms in total. The second kappa shape index (κ2) is 3.89. The van der Waals surface area contributed by atoms with Crippen LogP contribution in [0, 0.1) is 0 Å². The van der Waals surface area contributed by atoms with Crippen LogP contribution >= 0.6 is 34.5 Å². The van der Waals surface area contributed by atoms with Gasteiger partial charge in [-0.1, -0.05) is 23.7 Å². The lowest BCUT2D eigenvalue weighted by atomic mass is 10.1. The van der Waals surface area contributed by atoms with Crippen LogP contribution in [0.15, 0.2) is 18.2 Å². The number of hydrogen-bond donors (Lipinski definition) is 0. The lowest BCUT2D eigenvalue weighted by Crippen LogP contribution is -1.79. The quantitative estimate of drug-likeness (QED) is 0.574. The number of alkyl halides is 1. The molecule has 72 valence electrons. The van der Waals surface area contributed by atoms with Gasteiger partial charge in [-0.15, -0.1) is 22.9 Å². The molecule has 2 rings (SSSR count). The summed E-state index contributed by atoms with van der Waals surface area (Å²) in [7, 11) is 0. The summed E-state index contributed by atoms with van der Waals surface area (Å²) in [6.45, 7) is 0. The second-order valence-electron chi connectivity index (χ2n) is 2.81. The Morgan fingerprint density at radius 3 is 2.86 bits per heavy atom. The van der Waals surface area contributed by atoms with E-state index in [4.69, 9.17) is 23.2 Å². The monoisotopic (exact) mass is 244 g/mol. The van der Waals surface area contributed by atoms with E-state index in [9.17, 15) is 4.79 Å². The molecule has 0 spiro atoms. The third-order valence-electron chi connectivity index (χ3n) is 2.00. The third-order valence-corrected chi connectivity index (χ3v) is 4.11. The van der Waals surface area contributed by atoms with E-state index in [0.717, 1.165) is 21.2 Å². The maximum absolute atomic E-state index is 10.8. The smallest absolute Gasteiger partial charge is 0.150 e. The van der Waals surface area contributed by atoms with Gasteiger partial charge in [0.15, 0.2) is 6.29 Å². The molecule has 1 aromatic heterocycles. The van der Waals surface area contributed by atoms with Gasteiger partial charge in [0, 0.05) is 20.5 Å². The van der Waals surface area contributed by atoms with Gasteiger partial charge < -0.3 is 0 Å². The standard InChI is InChI=1S/C10H6Cl2OS/c11-4-8-10(12)9-6(5-13)2-1-3-7(9)14-8/h1-3,5H,4H2. The molecule has 2 aromatic rings. The van der Waals surface area contributed by atoms with Crippen LogP contribution in [0.25, 0.3) is 10.1 Å². The highest BCUT2D eigenvalue weighted by atomic mass is 35.5. The summed E-state index contributed by atoms with van der Waals surface area (Å²) in [5.41, 5.74) is 0.625. The number of aldehydes is 1. The summed E-state index contributed by atoms with van der Waals surface area (Å²) >= 11 is 13.4. The fourth-order valence-corrected chi connectivity index (χ4v) is 3.16. The molecule has 1 aromatic carbocycles. The molecule has 0 aliphatic carbocycles. The maximum Gasteiger partial charge on any atom is 0.150 e. The van der Waals surface area contributed by atoms with E-state index in [0.29, 0.717) is 16.5 Å². The zero-order valence-electron chi connectivity index (χ0n) is 7.09. The van der Waals surface area contributed by atoms with Crippen LogP contribution in [0.3, 0.4) is 0 Å². The van der Waals surface area contributed by atoms with E-state index in [1.165, 1.54) is 11.3 Å². The summed E-state index contributed by atoms with van der Waals surface area (Å²) in [6.07, 6.45) is 0.818. The summed E-state index contributed by atoms with van der Waals surface area (Å²) in [5.74, 6) is 0.385. The molecule has 0 saturated carbocycles. The first-order chi connectivity index (χ1) is 6.77. The Bertz CT molecular complexity index is 490. The highest BCUT2D eigenvalue weighted by molar-refractivity contribution is 7.20. The molecular weight excluding hydrogens is 239 g/mol. The Hall–Kier alpha value is -0.570. The van der Waals surface area contributed by atoms with Gasteiger partial charge >= 0.3 is 0 Å². The number of fused-ring (bicyclic) bond motifs is 1. The summed E-state index contributed by atoms with van der Waals surface area (Å²) < 4.78 is 1.01. The van der Waals surface area contributed by atoms with Crippen LogP contribution in [0.1, 0.15) is 15.2 Å². The zero-order chi connectivity index (χ0) is 10.1. The van der Waals surface area contributed by atoms with Crippen LogP contribution in [-0.4, -0.2) is 6.29 Å². The Morgan fingerprint density at radius 1 is 1.43 bits per heavy atom. The predicted molar refractivity (Wildman–Crippen MR) is 61.8 cm³/mol. The number of hydrogen-bond acceptors (Lipinski definition) is 2. The van der Waals surface area contributed by atoms with Gasteiger partial charge in [-0.2, -0.15) is 0 Å². The number of halogens is 2. The van der Waals surface area contributed by atoms with Crippen molar-refractivity contribution < 1.29 is 4.79 Å². The number of rotatable bonds is 2. The van der Waals surface area contributed by atoms with Gasteiger partial charge in [-0.25, -0.2) is 0 Å². The molecule has 4 heteroatoms. The summed E-state index contributed by atoms with van der Waals surface area (Å²) in [4.78, 5) is 11.7. The van der Waals surface area contributed by atoms with E-state index >= 15 is 0 Å². The van der Waals surface area contributed by atoms with Crippen molar-refractivity contribution in [3.05, 3.63) is 33.7 Å².